The summed E-state index contributed by atoms with van der Waals surface area (Å²) in [6.07, 6.45) is 8.35. The minimum atomic E-state index is -1.37. The highest BCUT2D eigenvalue weighted by Crippen LogP contribution is 2.70. The van der Waals surface area contributed by atoms with Gasteiger partial charge in [-0.1, -0.05) is 39.3 Å². The van der Waals surface area contributed by atoms with Crippen molar-refractivity contribution in [1.29, 1.82) is 0 Å². The first-order valence-corrected chi connectivity index (χ1v) is 16.4. The Labute approximate surface area is 240 Å². The molecule has 7 heteroatoms. The average Bonchev–Trinajstić information content (AvgIpc) is 3.37. The van der Waals surface area contributed by atoms with Crippen LogP contribution >= 0.6 is 0 Å². The van der Waals surface area contributed by atoms with Crippen LogP contribution in [0.25, 0.3) is 0 Å². The normalized spacial score (nSPS) is 59.5. The maximum atomic E-state index is 10.6. The molecular formula is C33H53NO6. The maximum absolute atomic E-state index is 10.6. The lowest BCUT2D eigenvalue weighted by Gasteiger charge is -2.59. The lowest BCUT2D eigenvalue weighted by molar-refractivity contribution is -0.292. The van der Waals surface area contributed by atoms with Crippen LogP contribution in [0.1, 0.15) is 92.4 Å². The smallest absolute Gasteiger partial charge is 0.183 e. The van der Waals surface area contributed by atoms with Gasteiger partial charge in [0.25, 0.3) is 0 Å². The van der Waals surface area contributed by atoms with Crippen molar-refractivity contribution in [3.63, 3.8) is 0 Å². The average molecular weight is 560 g/mol. The largest absolute Gasteiger partial charge is 0.387 e. The fraction of sp³-hybridized carbons (Fsp3) is 0.939. The molecule has 0 amide bonds. The molecule has 4 aliphatic carbocycles. The van der Waals surface area contributed by atoms with Gasteiger partial charge >= 0.3 is 0 Å². The van der Waals surface area contributed by atoms with Crippen LogP contribution in [0.5, 0.6) is 0 Å². The summed E-state index contributed by atoms with van der Waals surface area (Å²) in [5.41, 5.74) is 2.01. The van der Waals surface area contributed by atoms with Crippen LogP contribution in [-0.4, -0.2) is 70.5 Å². The van der Waals surface area contributed by atoms with Gasteiger partial charge in [-0.15, -0.1) is 0 Å². The molecule has 3 saturated heterocycles. The predicted octanol–water partition coefficient (Wildman–Crippen LogP) is 4.14. The molecule has 7 nitrogen and oxygen atoms in total. The quantitative estimate of drug-likeness (QED) is 0.378. The Morgan fingerprint density at radius 1 is 0.975 bits per heavy atom. The Morgan fingerprint density at radius 2 is 1.77 bits per heavy atom. The molecule has 0 bridgehead atoms. The first kappa shape index (κ1) is 28.2. The van der Waals surface area contributed by atoms with E-state index in [0.29, 0.717) is 29.3 Å². The minimum Gasteiger partial charge on any atom is -0.387 e. The molecule has 3 aliphatic heterocycles. The van der Waals surface area contributed by atoms with E-state index in [-0.39, 0.29) is 17.2 Å². The van der Waals surface area contributed by atoms with Gasteiger partial charge in [-0.2, -0.15) is 0 Å². The SMILES string of the molecule is CC1CCC2(NC1)OC1CC3C4CC=C5CC(OC6C(C)OC(O)C(O)C6O)CCC5(C)C4CCC3(C)C1C2C. The molecule has 40 heavy (non-hydrogen) atoms. The standard InChI is InChI=1S/C33H53NO6/c1-17-8-13-33(34-16-17)18(2)26-25(40-33)15-24-22-7-6-20-14-21(39-29-19(3)38-30(37)28(36)27(29)35)9-11-31(20,4)23(22)10-12-32(24,26)5/h6,17-19,21-30,34-37H,7-16H2,1-5H3. The number of aliphatic hydroxyl groups is 3. The summed E-state index contributed by atoms with van der Waals surface area (Å²) < 4.78 is 18.9. The van der Waals surface area contributed by atoms with Gasteiger partial charge in [0.1, 0.15) is 24.0 Å². The number of rotatable bonds is 2. The van der Waals surface area contributed by atoms with Crippen LogP contribution in [0.3, 0.4) is 0 Å². The van der Waals surface area contributed by atoms with Crippen molar-refractivity contribution in [2.75, 3.05) is 6.54 Å². The molecular weight excluding hydrogens is 506 g/mol. The second-order valence-corrected chi connectivity index (χ2v) is 15.6. The van der Waals surface area contributed by atoms with Gasteiger partial charge in [-0.25, -0.2) is 0 Å². The Morgan fingerprint density at radius 3 is 2.52 bits per heavy atom. The van der Waals surface area contributed by atoms with Gasteiger partial charge in [0.15, 0.2) is 6.29 Å². The van der Waals surface area contributed by atoms with Gasteiger partial charge in [-0.3, -0.25) is 5.32 Å². The van der Waals surface area contributed by atoms with Crippen molar-refractivity contribution >= 4 is 0 Å². The van der Waals surface area contributed by atoms with E-state index in [1.165, 1.54) is 31.3 Å². The zero-order valence-electron chi connectivity index (χ0n) is 25.2. The van der Waals surface area contributed by atoms with Crippen molar-refractivity contribution in [2.24, 2.45) is 46.3 Å². The minimum absolute atomic E-state index is 0.000127. The second-order valence-electron chi connectivity index (χ2n) is 15.6. The Balaban J connectivity index is 1.06. The van der Waals surface area contributed by atoms with E-state index in [9.17, 15) is 15.3 Å². The summed E-state index contributed by atoms with van der Waals surface area (Å²) >= 11 is 0. The van der Waals surface area contributed by atoms with Crippen LogP contribution in [0.4, 0.5) is 0 Å². The highest BCUT2D eigenvalue weighted by Gasteiger charge is 2.68. The van der Waals surface area contributed by atoms with E-state index < -0.39 is 30.7 Å². The zero-order chi connectivity index (χ0) is 28.2. The van der Waals surface area contributed by atoms with Gasteiger partial charge in [0, 0.05) is 12.5 Å². The number of hydrogen-bond donors (Lipinski definition) is 4. The molecule has 4 N–H and O–H groups in total. The van der Waals surface area contributed by atoms with Crippen LogP contribution in [-0.2, 0) is 14.2 Å². The summed E-state index contributed by atoms with van der Waals surface area (Å²) in [4.78, 5) is 0. The van der Waals surface area contributed by atoms with Gasteiger partial charge in [0.2, 0.25) is 0 Å². The number of piperidine rings is 1. The molecule has 0 aromatic heterocycles. The predicted molar refractivity (Wildman–Crippen MR) is 151 cm³/mol. The van der Waals surface area contributed by atoms with Gasteiger partial charge in [-0.05, 0) is 105 Å². The molecule has 7 rings (SSSR count). The monoisotopic (exact) mass is 559 g/mol. The highest BCUT2D eigenvalue weighted by molar-refractivity contribution is 5.26. The first-order valence-electron chi connectivity index (χ1n) is 16.4. The molecule has 7 aliphatic rings. The first-order chi connectivity index (χ1) is 19.0. The number of hydrogen-bond acceptors (Lipinski definition) is 7. The molecule has 3 saturated carbocycles. The molecule has 226 valence electrons. The van der Waals surface area contributed by atoms with Crippen molar-refractivity contribution in [1.82, 2.24) is 5.32 Å². The summed E-state index contributed by atoms with van der Waals surface area (Å²) in [6.45, 7) is 12.9. The van der Waals surface area contributed by atoms with Crippen molar-refractivity contribution in [3.05, 3.63) is 11.6 Å². The van der Waals surface area contributed by atoms with E-state index >= 15 is 0 Å². The number of fused-ring (bicyclic) bond motifs is 7. The maximum Gasteiger partial charge on any atom is 0.183 e. The van der Waals surface area contributed by atoms with E-state index in [1.807, 2.05) is 0 Å². The van der Waals surface area contributed by atoms with Crippen LogP contribution in [0.15, 0.2) is 11.6 Å². The summed E-state index contributed by atoms with van der Waals surface area (Å²) in [6, 6.07) is 0. The number of aliphatic hydroxyl groups excluding tert-OH is 3. The van der Waals surface area contributed by atoms with E-state index in [2.05, 4.69) is 39.1 Å². The van der Waals surface area contributed by atoms with E-state index in [0.717, 1.165) is 56.4 Å². The molecule has 0 aromatic rings. The van der Waals surface area contributed by atoms with Crippen molar-refractivity contribution in [2.45, 2.75) is 141 Å². The Kier molecular flexibility index (Phi) is 6.87. The van der Waals surface area contributed by atoms with E-state index in [4.69, 9.17) is 14.2 Å². The van der Waals surface area contributed by atoms with Crippen molar-refractivity contribution < 1.29 is 29.5 Å². The zero-order valence-corrected chi connectivity index (χ0v) is 25.2. The van der Waals surface area contributed by atoms with Crippen LogP contribution in [0, 0.1) is 46.3 Å². The second kappa shape index (κ2) is 9.73. The fourth-order valence-electron chi connectivity index (χ4n) is 11.4. The topological polar surface area (TPSA) is 100 Å². The third kappa shape index (κ3) is 4.01. The molecule has 0 radical (unpaired) electrons. The third-order valence-electron chi connectivity index (χ3n) is 13.7. The number of nitrogens with one attached hydrogen (secondary N) is 1. The Hall–Kier alpha value is -0.540. The third-order valence-corrected chi connectivity index (χ3v) is 13.7. The fourth-order valence-corrected chi connectivity index (χ4v) is 11.4. The molecule has 16 atom stereocenters. The number of ether oxygens (including phenoxy) is 3. The van der Waals surface area contributed by atoms with Crippen LogP contribution < -0.4 is 5.32 Å². The molecule has 1 spiro atoms. The van der Waals surface area contributed by atoms with Gasteiger partial charge < -0.3 is 29.5 Å². The molecule has 6 fully saturated rings. The molecule has 16 unspecified atom stereocenters. The summed E-state index contributed by atoms with van der Waals surface area (Å²) in [5.74, 6) is 4.14. The van der Waals surface area contributed by atoms with E-state index in [1.54, 1.807) is 6.92 Å². The van der Waals surface area contributed by atoms with Crippen molar-refractivity contribution in [3.8, 4) is 0 Å². The number of allylic oxidation sites excluding steroid dienone is 1. The molecule has 3 heterocycles. The lowest BCUT2D eigenvalue weighted by Crippen LogP contribution is -2.58. The molecule has 0 aromatic carbocycles. The lowest BCUT2D eigenvalue weighted by atomic mass is 9.47. The summed E-state index contributed by atoms with van der Waals surface area (Å²) in [5, 5.41) is 34.5. The highest BCUT2D eigenvalue weighted by atomic mass is 16.6. The van der Waals surface area contributed by atoms with Gasteiger partial charge in [0.05, 0.1) is 18.3 Å². The van der Waals surface area contributed by atoms with Crippen LogP contribution in [0.2, 0.25) is 0 Å². The Bertz CT molecular complexity index is 1010. The summed E-state index contributed by atoms with van der Waals surface area (Å²) in [7, 11) is 0.